The molecule has 100 valence electrons. The summed E-state index contributed by atoms with van der Waals surface area (Å²) in [6, 6.07) is 11.1. The van der Waals surface area contributed by atoms with E-state index in [4.69, 9.17) is 33.7 Å². The SMILES string of the molecule is NCc1cccc(Br)c1OCc1ccc(Cl)cc1Cl. The van der Waals surface area contributed by atoms with Gasteiger partial charge in [-0.3, -0.25) is 0 Å². The van der Waals surface area contributed by atoms with Gasteiger partial charge in [0.1, 0.15) is 12.4 Å². The molecule has 19 heavy (non-hydrogen) atoms. The molecular weight excluding hydrogens is 349 g/mol. The van der Waals surface area contributed by atoms with Crippen LogP contribution in [0.25, 0.3) is 0 Å². The molecule has 0 spiro atoms. The highest BCUT2D eigenvalue weighted by Crippen LogP contribution is 2.30. The Labute approximate surface area is 130 Å². The van der Waals surface area contributed by atoms with Crippen molar-refractivity contribution in [3.8, 4) is 5.75 Å². The van der Waals surface area contributed by atoms with E-state index in [9.17, 15) is 0 Å². The average molecular weight is 361 g/mol. The predicted molar refractivity (Wildman–Crippen MR) is 82.8 cm³/mol. The summed E-state index contributed by atoms with van der Waals surface area (Å²) < 4.78 is 6.69. The van der Waals surface area contributed by atoms with E-state index in [0.717, 1.165) is 21.3 Å². The van der Waals surface area contributed by atoms with Gasteiger partial charge in [0.15, 0.2) is 0 Å². The lowest BCUT2D eigenvalue weighted by Gasteiger charge is -2.13. The molecule has 2 N–H and O–H groups in total. The van der Waals surface area contributed by atoms with Crippen LogP contribution in [0.2, 0.25) is 10.0 Å². The fourth-order valence-corrected chi connectivity index (χ4v) is 2.65. The Morgan fingerprint density at radius 3 is 2.58 bits per heavy atom. The third-order valence-electron chi connectivity index (χ3n) is 2.66. The summed E-state index contributed by atoms with van der Waals surface area (Å²) in [5, 5.41) is 1.20. The van der Waals surface area contributed by atoms with Crippen LogP contribution in [-0.4, -0.2) is 0 Å². The summed E-state index contributed by atoms with van der Waals surface area (Å²) in [5.41, 5.74) is 7.52. The largest absolute Gasteiger partial charge is 0.487 e. The smallest absolute Gasteiger partial charge is 0.138 e. The number of nitrogens with two attached hydrogens (primary N) is 1. The van der Waals surface area contributed by atoms with Gasteiger partial charge < -0.3 is 10.5 Å². The van der Waals surface area contributed by atoms with Crippen LogP contribution < -0.4 is 10.5 Å². The number of para-hydroxylation sites is 1. The van der Waals surface area contributed by atoms with Gasteiger partial charge in [0.05, 0.1) is 4.47 Å². The van der Waals surface area contributed by atoms with Crippen molar-refractivity contribution in [3.05, 3.63) is 62.0 Å². The second kappa shape index (κ2) is 6.62. The van der Waals surface area contributed by atoms with Gasteiger partial charge in [-0.2, -0.15) is 0 Å². The van der Waals surface area contributed by atoms with Crippen LogP contribution in [0.1, 0.15) is 11.1 Å². The second-order valence-corrected chi connectivity index (χ2v) is 5.65. The third-order valence-corrected chi connectivity index (χ3v) is 3.87. The van der Waals surface area contributed by atoms with E-state index in [1.54, 1.807) is 12.1 Å². The normalized spacial score (nSPS) is 10.5. The van der Waals surface area contributed by atoms with Crippen LogP contribution in [0.4, 0.5) is 0 Å². The summed E-state index contributed by atoms with van der Waals surface area (Å²) in [6.07, 6.45) is 0. The zero-order chi connectivity index (χ0) is 13.8. The van der Waals surface area contributed by atoms with Crippen molar-refractivity contribution < 1.29 is 4.74 Å². The quantitative estimate of drug-likeness (QED) is 0.850. The Kier molecular flexibility index (Phi) is 5.11. The summed E-state index contributed by atoms with van der Waals surface area (Å²) in [7, 11) is 0. The van der Waals surface area contributed by atoms with Crippen LogP contribution in [-0.2, 0) is 13.2 Å². The molecule has 0 heterocycles. The van der Waals surface area contributed by atoms with E-state index in [0.29, 0.717) is 23.2 Å². The molecule has 0 aliphatic heterocycles. The first kappa shape index (κ1) is 14.7. The molecule has 0 aromatic heterocycles. The predicted octanol–water partition coefficient (Wildman–Crippen LogP) is 4.79. The molecule has 0 atom stereocenters. The van der Waals surface area contributed by atoms with Gasteiger partial charge in [-0.1, -0.05) is 41.4 Å². The lowest BCUT2D eigenvalue weighted by atomic mass is 10.2. The maximum atomic E-state index is 6.11. The second-order valence-electron chi connectivity index (χ2n) is 3.96. The lowest BCUT2D eigenvalue weighted by Crippen LogP contribution is -2.03. The van der Waals surface area contributed by atoms with E-state index in [2.05, 4.69) is 15.9 Å². The molecule has 0 aliphatic carbocycles. The third kappa shape index (κ3) is 3.63. The van der Waals surface area contributed by atoms with Gasteiger partial charge in [0, 0.05) is 27.7 Å². The summed E-state index contributed by atoms with van der Waals surface area (Å²) in [5.74, 6) is 0.746. The fraction of sp³-hybridized carbons (Fsp3) is 0.143. The maximum Gasteiger partial charge on any atom is 0.138 e. The molecule has 0 saturated carbocycles. The minimum absolute atomic E-state index is 0.367. The van der Waals surface area contributed by atoms with Crippen LogP contribution in [0.15, 0.2) is 40.9 Å². The highest BCUT2D eigenvalue weighted by Gasteiger charge is 2.08. The molecule has 0 aliphatic rings. The zero-order valence-corrected chi connectivity index (χ0v) is 13.1. The Hall–Kier alpha value is -0.740. The molecule has 0 saturated heterocycles. The molecule has 2 aromatic rings. The van der Waals surface area contributed by atoms with E-state index in [-0.39, 0.29) is 0 Å². The van der Waals surface area contributed by atoms with E-state index >= 15 is 0 Å². The van der Waals surface area contributed by atoms with Gasteiger partial charge >= 0.3 is 0 Å². The summed E-state index contributed by atoms with van der Waals surface area (Å²) >= 11 is 15.4. The fourth-order valence-electron chi connectivity index (χ4n) is 1.66. The first-order valence-electron chi connectivity index (χ1n) is 5.66. The van der Waals surface area contributed by atoms with Crippen molar-refractivity contribution in [2.45, 2.75) is 13.2 Å². The molecular formula is C14H12BrCl2NO. The number of halogens is 3. The minimum Gasteiger partial charge on any atom is -0.487 e. The van der Waals surface area contributed by atoms with E-state index in [1.165, 1.54) is 0 Å². The maximum absolute atomic E-state index is 6.11. The molecule has 2 aromatic carbocycles. The molecule has 0 radical (unpaired) electrons. The number of hydrogen-bond acceptors (Lipinski definition) is 2. The van der Waals surface area contributed by atoms with Crippen LogP contribution >= 0.6 is 39.1 Å². The van der Waals surface area contributed by atoms with Crippen molar-refractivity contribution in [3.63, 3.8) is 0 Å². The van der Waals surface area contributed by atoms with Crippen LogP contribution in [0, 0.1) is 0 Å². The molecule has 2 rings (SSSR count). The number of rotatable bonds is 4. The monoisotopic (exact) mass is 359 g/mol. The average Bonchev–Trinajstić information content (AvgIpc) is 2.39. The first-order chi connectivity index (χ1) is 9.11. The topological polar surface area (TPSA) is 35.2 Å². The Balaban J connectivity index is 2.19. The number of benzene rings is 2. The van der Waals surface area contributed by atoms with Gasteiger partial charge in [-0.05, 0) is 34.1 Å². The van der Waals surface area contributed by atoms with Crippen molar-refractivity contribution >= 4 is 39.1 Å². The number of hydrogen-bond donors (Lipinski definition) is 1. The molecule has 0 unspecified atom stereocenters. The van der Waals surface area contributed by atoms with Gasteiger partial charge in [-0.25, -0.2) is 0 Å². The molecule has 2 nitrogen and oxygen atoms in total. The van der Waals surface area contributed by atoms with Gasteiger partial charge in [0.2, 0.25) is 0 Å². The van der Waals surface area contributed by atoms with Crippen molar-refractivity contribution in [2.75, 3.05) is 0 Å². The summed E-state index contributed by atoms with van der Waals surface area (Å²) in [4.78, 5) is 0. The summed E-state index contributed by atoms with van der Waals surface area (Å²) in [6.45, 7) is 0.786. The standard InChI is InChI=1S/C14H12BrCl2NO/c15-12-3-1-2-9(7-18)14(12)19-8-10-4-5-11(16)6-13(10)17/h1-6H,7-8,18H2. The zero-order valence-electron chi connectivity index (χ0n) is 10.00. The Bertz CT molecular complexity index is 590. The molecule has 0 fully saturated rings. The molecule has 0 amide bonds. The van der Waals surface area contributed by atoms with Crippen LogP contribution in [0.5, 0.6) is 5.75 Å². The Morgan fingerprint density at radius 1 is 1.11 bits per heavy atom. The van der Waals surface area contributed by atoms with Crippen molar-refractivity contribution in [1.29, 1.82) is 0 Å². The van der Waals surface area contributed by atoms with Crippen molar-refractivity contribution in [2.24, 2.45) is 5.73 Å². The Morgan fingerprint density at radius 2 is 1.89 bits per heavy atom. The van der Waals surface area contributed by atoms with E-state index in [1.807, 2.05) is 24.3 Å². The number of ether oxygens (including phenoxy) is 1. The van der Waals surface area contributed by atoms with Gasteiger partial charge in [-0.15, -0.1) is 0 Å². The van der Waals surface area contributed by atoms with Gasteiger partial charge in [0.25, 0.3) is 0 Å². The van der Waals surface area contributed by atoms with E-state index < -0.39 is 0 Å². The minimum atomic E-state index is 0.367. The van der Waals surface area contributed by atoms with Crippen molar-refractivity contribution in [1.82, 2.24) is 0 Å². The van der Waals surface area contributed by atoms with Crippen LogP contribution in [0.3, 0.4) is 0 Å². The first-order valence-corrected chi connectivity index (χ1v) is 7.21. The molecule has 0 bridgehead atoms. The highest BCUT2D eigenvalue weighted by molar-refractivity contribution is 9.10. The molecule has 5 heteroatoms. The highest BCUT2D eigenvalue weighted by atomic mass is 79.9. The lowest BCUT2D eigenvalue weighted by molar-refractivity contribution is 0.301.